The molecule has 2 aromatic carbocycles. The predicted molar refractivity (Wildman–Crippen MR) is 116 cm³/mol. The Kier molecular flexibility index (Phi) is 5.68. The Bertz CT molecular complexity index is 1200. The zero-order valence-corrected chi connectivity index (χ0v) is 18.5. The van der Waals surface area contributed by atoms with Gasteiger partial charge in [-0.25, -0.2) is 4.79 Å². The molecule has 0 aromatic heterocycles. The summed E-state index contributed by atoms with van der Waals surface area (Å²) in [4.78, 5) is 28.7. The highest BCUT2D eigenvalue weighted by atomic mass is 19.4. The van der Waals surface area contributed by atoms with Gasteiger partial charge in [-0.1, -0.05) is 30.3 Å². The van der Waals surface area contributed by atoms with E-state index >= 15 is 0 Å². The summed E-state index contributed by atoms with van der Waals surface area (Å²) in [6.07, 6.45) is -5.51. The van der Waals surface area contributed by atoms with Gasteiger partial charge >= 0.3 is 12.3 Å². The first-order valence-corrected chi connectivity index (χ1v) is 11.3. The van der Waals surface area contributed by atoms with Crippen molar-refractivity contribution in [1.82, 2.24) is 4.90 Å². The molecule has 3 unspecified atom stereocenters. The van der Waals surface area contributed by atoms with Gasteiger partial charge in [0.1, 0.15) is 12.8 Å². The average Bonchev–Trinajstić information content (AvgIpc) is 3.14. The summed E-state index contributed by atoms with van der Waals surface area (Å²) in [6.45, 7) is 0.369. The number of aliphatic hydroxyl groups excluding tert-OH is 1. The zero-order valence-electron chi connectivity index (χ0n) is 18.5. The maximum absolute atomic E-state index is 13.5. The second-order valence-electron chi connectivity index (χ2n) is 9.16. The summed E-state index contributed by atoms with van der Waals surface area (Å²) in [6, 6.07) is 13.2. The van der Waals surface area contributed by atoms with Crippen molar-refractivity contribution in [2.75, 3.05) is 11.4 Å². The molecule has 7 nitrogen and oxygen atoms in total. The molecule has 2 bridgehead atoms. The number of carbonyl (C=O) groups is 2. The molecule has 3 heterocycles. The molecule has 2 aromatic rings. The molecule has 5 atom stereocenters. The summed E-state index contributed by atoms with van der Waals surface area (Å²) in [7, 11) is 0. The maximum atomic E-state index is 13.5. The number of rotatable bonds is 3. The minimum atomic E-state index is -4.79. The number of hydrogen-bond donors (Lipinski definition) is 1. The van der Waals surface area contributed by atoms with Crippen LogP contribution in [0.5, 0.6) is 0 Å². The Morgan fingerprint density at radius 3 is 2.60 bits per heavy atom. The lowest BCUT2D eigenvalue weighted by atomic mass is 9.66. The summed E-state index contributed by atoms with van der Waals surface area (Å²) in [5.74, 6) is -1.95. The predicted octanol–water partition coefficient (Wildman–Crippen LogP) is 3.91. The molecule has 10 heteroatoms. The number of alkyl halides is 3. The number of nitriles is 1. The van der Waals surface area contributed by atoms with Gasteiger partial charge in [0, 0.05) is 24.2 Å². The van der Waals surface area contributed by atoms with Crippen LogP contribution in [0.3, 0.4) is 0 Å². The molecule has 2 amide bonds. The van der Waals surface area contributed by atoms with Crippen LogP contribution in [0, 0.1) is 29.1 Å². The molecular formula is C25H22F3N3O4. The normalized spacial score (nSPS) is 27.5. The van der Waals surface area contributed by atoms with E-state index in [1.807, 2.05) is 30.3 Å². The number of fused-ring (bicyclic) bond motifs is 2. The number of aliphatic hydroxyl groups is 1. The Hall–Kier alpha value is -3.58. The number of halogens is 3. The monoisotopic (exact) mass is 485 g/mol. The van der Waals surface area contributed by atoms with Crippen molar-refractivity contribution in [3.63, 3.8) is 0 Å². The molecular weight excluding hydrogens is 463 g/mol. The van der Waals surface area contributed by atoms with Gasteiger partial charge in [-0.05, 0) is 42.5 Å². The van der Waals surface area contributed by atoms with Gasteiger partial charge in [0.05, 0.1) is 23.1 Å². The van der Waals surface area contributed by atoms with E-state index in [-0.39, 0.29) is 24.8 Å². The van der Waals surface area contributed by atoms with Crippen LogP contribution in [-0.4, -0.2) is 40.8 Å². The van der Waals surface area contributed by atoms with Crippen molar-refractivity contribution in [3.8, 4) is 6.07 Å². The number of carbonyl (C=O) groups excluding carboxylic acids is 2. The Morgan fingerprint density at radius 2 is 1.91 bits per heavy atom. The van der Waals surface area contributed by atoms with E-state index in [4.69, 9.17) is 10.00 Å². The number of anilines is 1. The molecule has 4 aliphatic rings. The molecule has 1 N–H and O–H groups in total. The molecule has 0 radical (unpaired) electrons. The molecule has 182 valence electrons. The lowest BCUT2D eigenvalue weighted by Gasteiger charge is -2.50. The van der Waals surface area contributed by atoms with E-state index in [1.54, 1.807) is 0 Å². The Labute approximate surface area is 199 Å². The van der Waals surface area contributed by atoms with Crippen molar-refractivity contribution in [1.29, 1.82) is 5.26 Å². The third-order valence-corrected chi connectivity index (χ3v) is 7.31. The topological polar surface area (TPSA) is 93.9 Å². The zero-order chi connectivity index (χ0) is 24.9. The van der Waals surface area contributed by atoms with E-state index in [1.165, 1.54) is 17.0 Å². The second-order valence-corrected chi connectivity index (χ2v) is 9.16. The van der Waals surface area contributed by atoms with Gasteiger partial charge in [0.15, 0.2) is 0 Å². The molecule has 6 rings (SSSR count). The standard InChI is InChI=1S/C25H22F3N3O4/c26-25(27,28)18-10-17(8-6-15(18)11-29)31-22(32)20-16-7-9-19(21(20)23(31)33)30(12-16)24(34)35-13-14-4-2-1-3-5-14/h1-6,8,10,16,19-21,23,33H,7,9,12-13H2/t16?,19?,20-,21+,23?/m0/s1. The molecule has 4 fully saturated rings. The fourth-order valence-corrected chi connectivity index (χ4v) is 5.79. The Balaban J connectivity index is 1.40. The third-order valence-electron chi connectivity index (χ3n) is 7.31. The van der Waals surface area contributed by atoms with E-state index in [9.17, 15) is 27.9 Å². The van der Waals surface area contributed by atoms with Gasteiger partial charge in [-0.15, -0.1) is 0 Å². The highest BCUT2D eigenvalue weighted by molar-refractivity contribution is 5.99. The van der Waals surface area contributed by atoms with Crippen LogP contribution >= 0.6 is 0 Å². The summed E-state index contributed by atoms with van der Waals surface area (Å²) >= 11 is 0. The summed E-state index contributed by atoms with van der Waals surface area (Å²) < 4.78 is 45.9. The minimum absolute atomic E-state index is 0.0841. The molecule has 3 saturated heterocycles. The van der Waals surface area contributed by atoms with Crippen LogP contribution in [-0.2, 0) is 22.3 Å². The first kappa shape index (κ1) is 23.2. The van der Waals surface area contributed by atoms with E-state index in [0.717, 1.165) is 22.6 Å². The first-order valence-electron chi connectivity index (χ1n) is 11.3. The number of benzene rings is 2. The minimum Gasteiger partial charge on any atom is -0.445 e. The van der Waals surface area contributed by atoms with Crippen LogP contribution < -0.4 is 4.90 Å². The van der Waals surface area contributed by atoms with Crippen LogP contribution in [0.25, 0.3) is 0 Å². The second kappa shape index (κ2) is 8.57. The van der Waals surface area contributed by atoms with E-state index in [2.05, 4.69) is 0 Å². The quantitative estimate of drug-likeness (QED) is 0.712. The molecule has 3 aliphatic heterocycles. The number of piperidine rings is 2. The van der Waals surface area contributed by atoms with E-state index < -0.39 is 53.4 Å². The van der Waals surface area contributed by atoms with Crippen LogP contribution in [0.2, 0.25) is 0 Å². The summed E-state index contributed by atoms with van der Waals surface area (Å²) in [5, 5.41) is 20.2. The van der Waals surface area contributed by atoms with Crippen molar-refractivity contribution in [2.45, 2.75) is 37.9 Å². The fourth-order valence-electron chi connectivity index (χ4n) is 5.79. The third kappa shape index (κ3) is 3.90. The highest BCUT2D eigenvalue weighted by Crippen LogP contribution is 2.51. The number of ether oxygens (including phenoxy) is 1. The van der Waals surface area contributed by atoms with Gasteiger partial charge in [-0.3, -0.25) is 9.69 Å². The van der Waals surface area contributed by atoms with Gasteiger partial charge < -0.3 is 14.7 Å². The molecule has 1 saturated carbocycles. The van der Waals surface area contributed by atoms with Crippen molar-refractivity contribution >= 4 is 17.7 Å². The first-order chi connectivity index (χ1) is 16.7. The average molecular weight is 485 g/mol. The summed E-state index contributed by atoms with van der Waals surface area (Å²) in [5.41, 5.74) is -1.03. The lowest BCUT2D eigenvalue weighted by molar-refractivity contribution is -0.137. The van der Waals surface area contributed by atoms with Crippen LogP contribution in [0.1, 0.15) is 29.5 Å². The van der Waals surface area contributed by atoms with Gasteiger partial charge in [0.25, 0.3) is 0 Å². The van der Waals surface area contributed by atoms with Gasteiger partial charge in [-0.2, -0.15) is 18.4 Å². The van der Waals surface area contributed by atoms with Crippen molar-refractivity contribution in [2.24, 2.45) is 17.8 Å². The maximum Gasteiger partial charge on any atom is 0.417 e. The Morgan fingerprint density at radius 1 is 1.17 bits per heavy atom. The lowest BCUT2D eigenvalue weighted by Crippen LogP contribution is -2.60. The SMILES string of the molecule is N#Cc1ccc(N2C(=O)[C@H]3C4CCC([C@H]3C2O)N(C(=O)OCc2ccccc2)C4)cc1C(F)(F)F. The number of hydrogen-bond acceptors (Lipinski definition) is 5. The van der Waals surface area contributed by atoms with Crippen molar-refractivity contribution < 1.29 is 32.6 Å². The smallest absolute Gasteiger partial charge is 0.417 e. The van der Waals surface area contributed by atoms with Crippen LogP contribution in [0.15, 0.2) is 48.5 Å². The highest BCUT2D eigenvalue weighted by Gasteiger charge is 2.61. The molecule has 1 aliphatic carbocycles. The molecule has 35 heavy (non-hydrogen) atoms. The van der Waals surface area contributed by atoms with Gasteiger partial charge in [0.2, 0.25) is 5.91 Å². The largest absolute Gasteiger partial charge is 0.445 e. The molecule has 0 spiro atoms. The number of amides is 2. The van der Waals surface area contributed by atoms with Crippen LogP contribution in [0.4, 0.5) is 23.7 Å². The fraction of sp³-hybridized carbons (Fsp3) is 0.400. The van der Waals surface area contributed by atoms with Crippen molar-refractivity contribution in [3.05, 3.63) is 65.2 Å². The van der Waals surface area contributed by atoms with E-state index in [0.29, 0.717) is 12.8 Å². The number of nitrogens with zero attached hydrogens (tertiary/aromatic N) is 3.